The predicted octanol–water partition coefficient (Wildman–Crippen LogP) is 2.91. The average Bonchev–Trinajstić information content (AvgIpc) is 2.73. The van der Waals surface area contributed by atoms with Gasteiger partial charge in [0.1, 0.15) is 5.75 Å². The molecule has 0 aliphatic carbocycles. The van der Waals surface area contributed by atoms with Crippen molar-refractivity contribution in [1.82, 2.24) is 10.6 Å². The van der Waals surface area contributed by atoms with Crippen molar-refractivity contribution in [3.05, 3.63) is 29.3 Å². The number of alkyl halides is 1. The highest BCUT2D eigenvalue weighted by molar-refractivity contribution is 7.39. The van der Waals surface area contributed by atoms with E-state index in [4.69, 9.17) is 20.0 Å². The van der Waals surface area contributed by atoms with E-state index < -0.39 is 20.7 Å². The van der Waals surface area contributed by atoms with Crippen molar-refractivity contribution in [2.75, 3.05) is 19.6 Å². The van der Waals surface area contributed by atoms with Crippen LogP contribution in [0, 0.1) is 6.92 Å². The van der Waals surface area contributed by atoms with E-state index in [0.29, 0.717) is 32.5 Å². The number of carbonyl (C=O) groups excluding carboxylic acids is 2. The van der Waals surface area contributed by atoms with Crippen LogP contribution in [0.3, 0.4) is 0 Å². The molecule has 1 rings (SSSR count). The molecule has 0 aliphatic rings. The van der Waals surface area contributed by atoms with E-state index in [-0.39, 0.29) is 17.2 Å². The maximum atomic E-state index is 14.6. The van der Waals surface area contributed by atoms with Crippen LogP contribution in [0.2, 0.25) is 0 Å². The molecule has 1 atom stereocenters. The Morgan fingerprint density at radius 3 is 2.35 bits per heavy atom. The molecule has 8 nitrogen and oxygen atoms in total. The van der Waals surface area contributed by atoms with Crippen molar-refractivity contribution in [2.45, 2.75) is 64.5 Å². The molecule has 0 aromatic heterocycles. The number of benzene rings is 1. The maximum absolute atomic E-state index is 14.6. The van der Waals surface area contributed by atoms with Gasteiger partial charge in [-0.2, -0.15) is 0 Å². The molecule has 6 N–H and O–H groups in total. The molecule has 0 bridgehead atoms. The summed E-state index contributed by atoms with van der Waals surface area (Å²) in [6, 6.07) is 4.49. The summed E-state index contributed by atoms with van der Waals surface area (Å²) in [4.78, 5) is 41.8. The van der Waals surface area contributed by atoms with Gasteiger partial charge in [-0.15, -0.1) is 0 Å². The number of aryl methyl sites for hydroxylation is 1. The van der Waals surface area contributed by atoms with E-state index in [1.165, 1.54) is 12.1 Å². The summed E-state index contributed by atoms with van der Waals surface area (Å²) in [6.45, 7) is 3.36. The van der Waals surface area contributed by atoms with Gasteiger partial charge in [-0.05, 0) is 51.3 Å². The molecule has 0 aliphatic heterocycles. The largest absolute Gasteiger partial charge is 0.427 e. The number of rotatable bonds is 16. The zero-order valence-corrected chi connectivity index (χ0v) is 19.0. The van der Waals surface area contributed by atoms with Crippen LogP contribution >= 0.6 is 8.60 Å². The minimum atomic E-state index is -2.71. The molecule has 0 spiro atoms. The lowest BCUT2D eigenvalue weighted by Crippen LogP contribution is -2.28. The molecule has 0 radical (unpaired) electrons. The van der Waals surface area contributed by atoms with Gasteiger partial charge in [-0.3, -0.25) is 9.59 Å². The first-order valence-electron chi connectivity index (χ1n) is 10.7. The van der Waals surface area contributed by atoms with E-state index in [9.17, 15) is 14.0 Å². The van der Waals surface area contributed by atoms with Gasteiger partial charge in [0.2, 0.25) is 12.1 Å². The third-order valence-corrected chi connectivity index (χ3v) is 5.04. The van der Waals surface area contributed by atoms with E-state index in [0.717, 1.165) is 44.1 Å². The van der Waals surface area contributed by atoms with Crippen molar-refractivity contribution in [3.63, 3.8) is 0 Å². The SMILES string of the molecule is Cc1ccc(OP(O)O)c(C(F)C(=O)NCCCCCCNC(=O)CCCCCN)c1. The summed E-state index contributed by atoms with van der Waals surface area (Å²) in [7, 11) is -2.71. The Morgan fingerprint density at radius 1 is 1.06 bits per heavy atom. The Hall–Kier alpha value is -1.80. The number of carbonyl (C=O) groups is 2. The molecule has 2 amide bonds. The first kappa shape index (κ1) is 27.2. The van der Waals surface area contributed by atoms with Crippen LogP contribution in [0.5, 0.6) is 5.75 Å². The number of nitrogens with one attached hydrogen (secondary N) is 2. The molecule has 31 heavy (non-hydrogen) atoms. The molecule has 0 saturated heterocycles. The molecule has 1 unspecified atom stereocenters. The second-order valence-electron chi connectivity index (χ2n) is 7.40. The number of amides is 2. The third-order valence-electron chi connectivity index (χ3n) is 4.68. The first-order chi connectivity index (χ1) is 14.8. The van der Waals surface area contributed by atoms with Crippen LogP contribution < -0.4 is 20.9 Å². The predicted molar refractivity (Wildman–Crippen MR) is 119 cm³/mol. The second-order valence-corrected chi connectivity index (χ2v) is 8.09. The van der Waals surface area contributed by atoms with E-state index in [1.54, 1.807) is 13.0 Å². The van der Waals surface area contributed by atoms with Crippen molar-refractivity contribution >= 4 is 20.4 Å². The monoisotopic (exact) mass is 459 g/mol. The average molecular weight is 459 g/mol. The van der Waals surface area contributed by atoms with Gasteiger partial charge >= 0.3 is 8.60 Å². The molecule has 10 heteroatoms. The fraction of sp³-hybridized carbons (Fsp3) is 0.619. The summed E-state index contributed by atoms with van der Waals surface area (Å²) in [5.41, 5.74) is 6.10. The van der Waals surface area contributed by atoms with Gasteiger partial charge in [-0.1, -0.05) is 30.9 Å². The van der Waals surface area contributed by atoms with Gasteiger partial charge in [0.15, 0.2) is 0 Å². The molecular formula is C21H35FN3O5P. The number of hydrogen-bond donors (Lipinski definition) is 5. The summed E-state index contributed by atoms with van der Waals surface area (Å²) < 4.78 is 19.4. The Morgan fingerprint density at radius 2 is 1.71 bits per heavy atom. The van der Waals surface area contributed by atoms with Gasteiger partial charge in [0.25, 0.3) is 5.91 Å². The van der Waals surface area contributed by atoms with Crippen LogP contribution in [-0.2, 0) is 9.59 Å². The minimum absolute atomic E-state index is 0.0353. The fourth-order valence-corrected chi connectivity index (χ4v) is 3.35. The van der Waals surface area contributed by atoms with Crippen molar-refractivity contribution in [1.29, 1.82) is 0 Å². The van der Waals surface area contributed by atoms with Gasteiger partial charge in [0, 0.05) is 25.1 Å². The topological polar surface area (TPSA) is 134 Å². The maximum Gasteiger partial charge on any atom is 0.391 e. The Kier molecular flexibility index (Phi) is 14.0. The van der Waals surface area contributed by atoms with E-state index >= 15 is 0 Å². The van der Waals surface area contributed by atoms with Gasteiger partial charge in [0.05, 0.1) is 0 Å². The molecule has 0 heterocycles. The van der Waals surface area contributed by atoms with Crippen LogP contribution in [-0.4, -0.2) is 41.2 Å². The molecule has 1 aromatic carbocycles. The van der Waals surface area contributed by atoms with E-state index in [1.807, 2.05) is 0 Å². The molecule has 0 saturated carbocycles. The van der Waals surface area contributed by atoms with Crippen LogP contribution in [0.25, 0.3) is 0 Å². The highest BCUT2D eigenvalue weighted by Gasteiger charge is 2.24. The van der Waals surface area contributed by atoms with Crippen molar-refractivity contribution in [3.8, 4) is 5.75 Å². The Labute approximate surface area is 184 Å². The molecular weight excluding hydrogens is 424 g/mol. The van der Waals surface area contributed by atoms with E-state index in [2.05, 4.69) is 10.6 Å². The Balaban J connectivity index is 2.21. The van der Waals surface area contributed by atoms with Crippen molar-refractivity contribution in [2.24, 2.45) is 5.73 Å². The summed E-state index contributed by atoms with van der Waals surface area (Å²) in [6.07, 6.45) is 4.63. The summed E-state index contributed by atoms with van der Waals surface area (Å²) in [5, 5.41) is 5.45. The number of unbranched alkanes of at least 4 members (excludes halogenated alkanes) is 5. The van der Waals surface area contributed by atoms with Crippen molar-refractivity contribution < 1.29 is 28.3 Å². The quantitative estimate of drug-likeness (QED) is 0.191. The minimum Gasteiger partial charge on any atom is -0.427 e. The first-order valence-corrected chi connectivity index (χ1v) is 11.9. The standard InChI is InChI=1S/C21H35FN3O5P/c1-16-10-11-18(30-31(28)29)17(15-16)20(22)21(27)25-14-8-3-2-7-13-24-19(26)9-5-4-6-12-23/h10-11,15,20,28-29H,2-9,12-14,23H2,1H3,(H,24,26)(H,25,27). The van der Waals surface area contributed by atoms with Crippen LogP contribution in [0.15, 0.2) is 18.2 Å². The lowest BCUT2D eigenvalue weighted by molar-refractivity contribution is -0.126. The normalized spacial score (nSPS) is 11.9. The smallest absolute Gasteiger partial charge is 0.391 e. The van der Waals surface area contributed by atoms with Gasteiger partial charge < -0.3 is 30.7 Å². The zero-order valence-electron chi connectivity index (χ0n) is 18.1. The molecule has 1 aromatic rings. The third kappa shape index (κ3) is 12.0. The summed E-state index contributed by atoms with van der Waals surface area (Å²) >= 11 is 0. The second kappa shape index (κ2) is 15.9. The highest BCUT2D eigenvalue weighted by Crippen LogP contribution is 2.36. The lowest BCUT2D eigenvalue weighted by Gasteiger charge is -2.15. The Bertz CT molecular complexity index is 678. The molecule has 176 valence electrons. The number of hydrogen-bond acceptors (Lipinski definition) is 6. The fourth-order valence-electron chi connectivity index (χ4n) is 3.01. The van der Waals surface area contributed by atoms with Crippen LogP contribution in [0.1, 0.15) is 68.7 Å². The summed E-state index contributed by atoms with van der Waals surface area (Å²) in [5.74, 6) is -0.795. The highest BCUT2D eigenvalue weighted by atomic mass is 31.2. The van der Waals surface area contributed by atoms with Crippen LogP contribution in [0.4, 0.5) is 4.39 Å². The zero-order chi connectivity index (χ0) is 23.1. The molecule has 0 fully saturated rings. The van der Waals surface area contributed by atoms with Gasteiger partial charge in [-0.25, -0.2) is 4.39 Å². The lowest BCUT2D eigenvalue weighted by atomic mass is 10.1. The number of nitrogens with two attached hydrogens (primary N) is 1. The number of halogens is 1.